The van der Waals surface area contributed by atoms with Gasteiger partial charge in [0.05, 0.1) is 25.0 Å². The van der Waals surface area contributed by atoms with Crippen molar-refractivity contribution in [3.05, 3.63) is 53.4 Å². The number of ether oxygens (including phenoxy) is 1. The van der Waals surface area contributed by atoms with Gasteiger partial charge in [-0.15, -0.1) is 0 Å². The lowest BCUT2D eigenvalue weighted by Crippen LogP contribution is -2.48. The molecular formula is C19H27N3O3. The summed E-state index contributed by atoms with van der Waals surface area (Å²) >= 11 is 0. The number of aliphatic hydroxyl groups is 1. The molecule has 0 aliphatic carbocycles. The average molecular weight is 345 g/mol. The predicted octanol–water partition coefficient (Wildman–Crippen LogP) is 1.68. The molecule has 0 spiro atoms. The maximum Gasteiger partial charge on any atom is 0.133 e. The van der Waals surface area contributed by atoms with Crippen molar-refractivity contribution in [1.29, 1.82) is 0 Å². The molecule has 1 atom stereocenters. The Hall–Kier alpha value is -1.73. The first kappa shape index (κ1) is 18.1. The summed E-state index contributed by atoms with van der Waals surface area (Å²) in [5.74, 6) is 0.854. The SMILES string of the molecule is Cc1cc(CN2CCN(C[C@H](O)COCc3ccccc3)CC2)no1. The fraction of sp³-hybridized carbons (Fsp3) is 0.526. The van der Waals surface area contributed by atoms with E-state index in [0.717, 1.165) is 49.7 Å². The molecule has 0 radical (unpaired) electrons. The van der Waals surface area contributed by atoms with Crippen LogP contribution in [-0.4, -0.2) is 65.5 Å². The van der Waals surface area contributed by atoms with Crippen molar-refractivity contribution in [3.8, 4) is 0 Å². The number of aliphatic hydroxyl groups excluding tert-OH is 1. The highest BCUT2D eigenvalue weighted by Gasteiger charge is 2.20. The highest BCUT2D eigenvalue weighted by molar-refractivity contribution is 5.13. The smallest absolute Gasteiger partial charge is 0.133 e. The molecule has 0 saturated carbocycles. The standard InChI is InChI=1S/C19H27N3O3/c1-16-11-18(20-25-16)12-21-7-9-22(10-8-21)13-19(23)15-24-14-17-5-3-2-4-6-17/h2-6,11,19,23H,7-10,12-15H2,1H3/t19-/m0/s1. The van der Waals surface area contributed by atoms with Crippen molar-refractivity contribution in [3.63, 3.8) is 0 Å². The summed E-state index contributed by atoms with van der Waals surface area (Å²) in [7, 11) is 0. The molecule has 1 aliphatic heterocycles. The van der Waals surface area contributed by atoms with Crippen molar-refractivity contribution >= 4 is 0 Å². The van der Waals surface area contributed by atoms with E-state index in [9.17, 15) is 5.11 Å². The van der Waals surface area contributed by atoms with E-state index in [4.69, 9.17) is 9.26 Å². The van der Waals surface area contributed by atoms with Gasteiger partial charge in [-0.1, -0.05) is 35.5 Å². The molecule has 0 unspecified atom stereocenters. The number of β-amino-alcohol motifs (C(OH)–C–C–N with tert-alkyl or cyclic N) is 1. The van der Waals surface area contributed by atoms with E-state index in [-0.39, 0.29) is 0 Å². The van der Waals surface area contributed by atoms with Crippen LogP contribution in [0, 0.1) is 6.92 Å². The van der Waals surface area contributed by atoms with Crippen LogP contribution in [0.2, 0.25) is 0 Å². The van der Waals surface area contributed by atoms with Crippen LogP contribution in [0.25, 0.3) is 0 Å². The molecule has 136 valence electrons. The third-order valence-electron chi connectivity index (χ3n) is 4.42. The van der Waals surface area contributed by atoms with Crippen LogP contribution < -0.4 is 0 Å². The van der Waals surface area contributed by atoms with Crippen molar-refractivity contribution in [1.82, 2.24) is 15.0 Å². The number of benzene rings is 1. The van der Waals surface area contributed by atoms with E-state index in [1.54, 1.807) is 0 Å². The highest BCUT2D eigenvalue weighted by Crippen LogP contribution is 2.09. The van der Waals surface area contributed by atoms with Gasteiger partial charge >= 0.3 is 0 Å². The molecular weight excluding hydrogens is 318 g/mol. The maximum atomic E-state index is 10.2. The zero-order valence-corrected chi connectivity index (χ0v) is 14.8. The lowest BCUT2D eigenvalue weighted by molar-refractivity contribution is 0.000754. The van der Waals surface area contributed by atoms with Gasteiger partial charge in [0, 0.05) is 45.3 Å². The predicted molar refractivity (Wildman–Crippen MR) is 95.1 cm³/mol. The Morgan fingerprint density at radius 1 is 1.16 bits per heavy atom. The summed E-state index contributed by atoms with van der Waals surface area (Å²) in [6.45, 7) is 8.16. The summed E-state index contributed by atoms with van der Waals surface area (Å²) in [5.41, 5.74) is 2.12. The summed E-state index contributed by atoms with van der Waals surface area (Å²) in [6.07, 6.45) is -0.451. The second-order valence-corrected chi connectivity index (χ2v) is 6.66. The van der Waals surface area contributed by atoms with Gasteiger partial charge in [0.2, 0.25) is 0 Å². The maximum absolute atomic E-state index is 10.2. The lowest BCUT2D eigenvalue weighted by Gasteiger charge is -2.35. The van der Waals surface area contributed by atoms with Crippen LogP contribution in [0.5, 0.6) is 0 Å². The number of nitrogens with zero attached hydrogens (tertiary/aromatic N) is 3. The van der Waals surface area contributed by atoms with E-state index in [1.807, 2.05) is 43.3 Å². The van der Waals surface area contributed by atoms with Crippen LogP contribution in [0.15, 0.2) is 40.9 Å². The lowest BCUT2D eigenvalue weighted by atomic mass is 10.2. The van der Waals surface area contributed by atoms with Gasteiger partial charge in [-0.25, -0.2) is 0 Å². The highest BCUT2D eigenvalue weighted by atomic mass is 16.5. The summed E-state index contributed by atoms with van der Waals surface area (Å²) in [6, 6.07) is 12.0. The summed E-state index contributed by atoms with van der Waals surface area (Å²) < 4.78 is 10.7. The summed E-state index contributed by atoms with van der Waals surface area (Å²) in [5, 5.41) is 14.2. The van der Waals surface area contributed by atoms with Crippen LogP contribution >= 0.6 is 0 Å². The van der Waals surface area contributed by atoms with Crippen LogP contribution in [0.3, 0.4) is 0 Å². The Kier molecular flexibility index (Phi) is 6.58. The zero-order chi connectivity index (χ0) is 17.5. The molecule has 2 heterocycles. The molecule has 0 bridgehead atoms. The largest absolute Gasteiger partial charge is 0.389 e. The van der Waals surface area contributed by atoms with Gasteiger partial charge < -0.3 is 14.4 Å². The zero-order valence-electron chi connectivity index (χ0n) is 14.8. The van der Waals surface area contributed by atoms with Gasteiger partial charge in [-0.05, 0) is 12.5 Å². The summed E-state index contributed by atoms with van der Waals surface area (Å²) in [4.78, 5) is 4.66. The number of aromatic nitrogens is 1. The van der Waals surface area contributed by atoms with E-state index >= 15 is 0 Å². The van der Waals surface area contributed by atoms with Crippen LogP contribution in [0.4, 0.5) is 0 Å². The van der Waals surface area contributed by atoms with E-state index in [0.29, 0.717) is 19.8 Å². The van der Waals surface area contributed by atoms with E-state index in [1.165, 1.54) is 0 Å². The number of piperazine rings is 1. The first-order chi connectivity index (χ1) is 12.2. The third kappa shape index (κ3) is 5.93. The monoisotopic (exact) mass is 345 g/mol. The topological polar surface area (TPSA) is 62.0 Å². The molecule has 6 nitrogen and oxygen atoms in total. The third-order valence-corrected chi connectivity index (χ3v) is 4.42. The second kappa shape index (κ2) is 9.10. The average Bonchev–Trinajstić information content (AvgIpc) is 3.02. The van der Waals surface area contributed by atoms with Crippen molar-refractivity contribution in [2.24, 2.45) is 0 Å². The second-order valence-electron chi connectivity index (χ2n) is 6.66. The Labute approximate surface area is 149 Å². The molecule has 6 heteroatoms. The van der Waals surface area contributed by atoms with Crippen LogP contribution in [-0.2, 0) is 17.9 Å². The number of aryl methyl sites for hydroxylation is 1. The molecule has 1 aromatic carbocycles. The van der Waals surface area contributed by atoms with Gasteiger partial charge in [0.25, 0.3) is 0 Å². The first-order valence-corrected chi connectivity index (χ1v) is 8.85. The molecule has 3 rings (SSSR count). The van der Waals surface area contributed by atoms with Gasteiger partial charge in [-0.2, -0.15) is 0 Å². The molecule has 1 fully saturated rings. The normalized spacial score (nSPS) is 17.7. The Morgan fingerprint density at radius 2 is 1.88 bits per heavy atom. The Balaban J connectivity index is 1.31. The Bertz CT molecular complexity index is 624. The van der Waals surface area contributed by atoms with Gasteiger partial charge in [-0.3, -0.25) is 9.80 Å². The fourth-order valence-corrected chi connectivity index (χ4v) is 3.09. The minimum atomic E-state index is -0.451. The van der Waals surface area contributed by atoms with Crippen molar-refractivity contribution < 1.29 is 14.4 Å². The molecule has 2 aromatic rings. The number of rotatable bonds is 8. The first-order valence-electron chi connectivity index (χ1n) is 8.85. The molecule has 1 saturated heterocycles. The van der Waals surface area contributed by atoms with Crippen LogP contribution in [0.1, 0.15) is 17.0 Å². The fourth-order valence-electron chi connectivity index (χ4n) is 3.09. The van der Waals surface area contributed by atoms with Crippen molar-refractivity contribution in [2.75, 3.05) is 39.3 Å². The Morgan fingerprint density at radius 3 is 2.56 bits per heavy atom. The van der Waals surface area contributed by atoms with Gasteiger partial charge in [0.15, 0.2) is 0 Å². The molecule has 25 heavy (non-hydrogen) atoms. The van der Waals surface area contributed by atoms with Gasteiger partial charge in [0.1, 0.15) is 5.76 Å². The minimum Gasteiger partial charge on any atom is -0.389 e. The number of hydrogen-bond acceptors (Lipinski definition) is 6. The molecule has 1 N–H and O–H groups in total. The van der Waals surface area contributed by atoms with Crippen molar-refractivity contribution in [2.45, 2.75) is 26.2 Å². The van der Waals surface area contributed by atoms with E-state index in [2.05, 4.69) is 15.0 Å². The molecule has 1 aliphatic rings. The molecule has 0 amide bonds. The quantitative estimate of drug-likeness (QED) is 0.785. The minimum absolute atomic E-state index is 0.368. The molecule has 1 aromatic heterocycles. The van der Waals surface area contributed by atoms with E-state index < -0.39 is 6.10 Å². The number of hydrogen-bond donors (Lipinski definition) is 1.